The van der Waals surface area contributed by atoms with Gasteiger partial charge >= 0.3 is 0 Å². The quantitative estimate of drug-likeness (QED) is 0.783. The average Bonchev–Trinajstić information content (AvgIpc) is 2.83. The van der Waals surface area contributed by atoms with Crippen molar-refractivity contribution in [2.75, 3.05) is 0 Å². The zero-order chi connectivity index (χ0) is 16.2. The molecule has 0 N–H and O–H groups in total. The second-order valence-corrected chi connectivity index (χ2v) is 7.31. The van der Waals surface area contributed by atoms with Gasteiger partial charge in [0.25, 0.3) is 0 Å². The van der Waals surface area contributed by atoms with Crippen LogP contribution in [-0.2, 0) is 9.67 Å². The second-order valence-electron chi connectivity index (χ2n) is 5.92. The maximum absolute atomic E-state index is 12.0. The Morgan fingerprint density at radius 2 is 2.05 bits per heavy atom. The highest BCUT2D eigenvalue weighted by Crippen LogP contribution is 2.45. The molecule has 3 nitrogen and oxygen atoms in total. The van der Waals surface area contributed by atoms with Crippen molar-refractivity contribution in [2.24, 2.45) is 11.0 Å². The van der Waals surface area contributed by atoms with Crippen LogP contribution in [0.4, 0.5) is 0 Å². The fourth-order valence-electron chi connectivity index (χ4n) is 2.29. The van der Waals surface area contributed by atoms with Crippen LogP contribution in [-0.4, -0.2) is 16.0 Å². The Kier molecular flexibility index (Phi) is 5.31. The third kappa shape index (κ3) is 3.72. The molecular weight excluding hydrogens is 292 g/mol. The van der Waals surface area contributed by atoms with E-state index in [4.69, 9.17) is 0 Å². The molecule has 1 aliphatic rings. The number of amides is 1. The zero-order valence-corrected chi connectivity index (χ0v) is 14.4. The van der Waals surface area contributed by atoms with Crippen LogP contribution >= 0.6 is 11.8 Å². The first-order chi connectivity index (χ1) is 10.4. The fourth-order valence-corrected chi connectivity index (χ4v) is 3.42. The molecule has 1 heterocycles. The lowest BCUT2D eigenvalue weighted by molar-refractivity contribution is -0.131. The standard InChI is InChI=1S/C18H22N2OS/c1-14(2)10-8-9-13-17-19-20(15(3)21)18(4,22-17)16-11-6-5-7-12-16/h5-7,11-12,14H,8,10H2,1-4H3. The second kappa shape index (κ2) is 7.02. The van der Waals surface area contributed by atoms with Crippen molar-refractivity contribution in [1.29, 1.82) is 0 Å². The lowest BCUT2D eigenvalue weighted by Gasteiger charge is -2.31. The number of thioether (sulfide) groups is 1. The number of hydrogen-bond donors (Lipinski definition) is 0. The summed E-state index contributed by atoms with van der Waals surface area (Å²) in [5.41, 5.74) is 1.05. The molecule has 0 bridgehead atoms. The SMILES string of the molecule is CC(=O)N1N=C(C#CCCC(C)C)SC1(C)c1ccccc1. The van der Waals surface area contributed by atoms with Gasteiger partial charge in [0.2, 0.25) is 5.91 Å². The van der Waals surface area contributed by atoms with Crippen LogP contribution in [0.25, 0.3) is 0 Å². The zero-order valence-electron chi connectivity index (χ0n) is 13.6. The van der Waals surface area contributed by atoms with E-state index in [9.17, 15) is 4.79 Å². The molecule has 4 heteroatoms. The predicted molar refractivity (Wildman–Crippen MR) is 93.2 cm³/mol. The van der Waals surface area contributed by atoms with Crippen LogP contribution in [0.1, 0.15) is 46.1 Å². The van der Waals surface area contributed by atoms with Crippen LogP contribution in [0, 0.1) is 17.8 Å². The Labute approximate surface area is 137 Å². The summed E-state index contributed by atoms with van der Waals surface area (Å²) in [7, 11) is 0. The van der Waals surface area contributed by atoms with Gasteiger partial charge in [0.05, 0.1) is 0 Å². The molecule has 22 heavy (non-hydrogen) atoms. The molecule has 1 atom stereocenters. The van der Waals surface area contributed by atoms with Crippen molar-refractivity contribution >= 4 is 22.7 Å². The van der Waals surface area contributed by atoms with E-state index < -0.39 is 4.87 Å². The minimum atomic E-state index is -0.519. The van der Waals surface area contributed by atoms with Crippen LogP contribution in [0.2, 0.25) is 0 Å². The van der Waals surface area contributed by atoms with E-state index in [0.29, 0.717) is 11.0 Å². The molecule has 1 aliphatic heterocycles. The van der Waals surface area contributed by atoms with E-state index >= 15 is 0 Å². The highest BCUT2D eigenvalue weighted by atomic mass is 32.2. The maximum atomic E-state index is 12.0. The van der Waals surface area contributed by atoms with Crippen LogP contribution in [0.3, 0.4) is 0 Å². The van der Waals surface area contributed by atoms with E-state index in [2.05, 4.69) is 30.8 Å². The van der Waals surface area contributed by atoms with Crippen molar-refractivity contribution in [1.82, 2.24) is 5.01 Å². The highest BCUT2D eigenvalue weighted by molar-refractivity contribution is 8.15. The maximum Gasteiger partial charge on any atom is 0.241 e. The van der Waals surface area contributed by atoms with Crippen molar-refractivity contribution < 1.29 is 4.79 Å². The van der Waals surface area contributed by atoms with Gasteiger partial charge in [-0.3, -0.25) is 4.79 Å². The number of nitrogens with zero attached hydrogens (tertiary/aromatic N) is 2. The molecular formula is C18H22N2OS. The Bertz CT molecular complexity index is 627. The van der Waals surface area contributed by atoms with Crippen LogP contribution < -0.4 is 0 Å². The van der Waals surface area contributed by atoms with E-state index in [1.54, 1.807) is 23.7 Å². The molecule has 0 fully saturated rings. The van der Waals surface area contributed by atoms with Crippen molar-refractivity contribution in [2.45, 2.75) is 45.4 Å². The summed E-state index contributed by atoms with van der Waals surface area (Å²) in [6, 6.07) is 9.97. The number of benzene rings is 1. The minimum absolute atomic E-state index is 0.0715. The molecule has 1 aromatic carbocycles. The molecule has 1 unspecified atom stereocenters. The number of rotatable bonds is 3. The van der Waals surface area contributed by atoms with Crippen molar-refractivity contribution in [3.05, 3.63) is 35.9 Å². The molecule has 0 radical (unpaired) electrons. The van der Waals surface area contributed by atoms with E-state index in [1.165, 1.54) is 0 Å². The summed E-state index contributed by atoms with van der Waals surface area (Å²) in [6.07, 6.45) is 1.94. The van der Waals surface area contributed by atoms with E-state index in [0.717, 1.165) is 18.4 Å². The monoisotopic (exact) mass is 314 g/mol. The molecule has 0 aliphatic carbocycles. The van der Waals surface area contributed by atoms with Gasteiger partial charge in [0.1, 0.15) is 4.87 Å². The summed E-state index contributed by atoms with van der Waals surface area (Å²) >= 11 is 1.54. The van der Waals surface area contributed by atoms with Gasteiger partial charge in [-0.05, 0) is 30.7 Å². The number of hydrazone groups is 1. The smallest absolute Gasteiger partial charge is 0.241 e. The number of carbonyl (C=O) groups is 1. The Balaban J connectivity index is 2.20. The third-order valence-electron chi connectivity index (χ3n) is 3.54. The van der Waals surface area contributed by atoms with Gasteiger partial charge in [-0.1, -0.05) is 61.9 Å². The first-order valence-corrected chi connectivity index (χ1v) is 8.38. The summed E-state index contributed by atoms with van der Waals surface area (Å²) in [6.45, 7) is 7.93. The lowest BCUT2D eigenvalue weighted by atomic mass is 10.1. The van der Waals surface area contributed by atoms with Gasteiger partial charge in [-0.15, -0.1) is 0 Å². The third-order valence-corrected chi connectivity index (χ3v) is 4.72. The first-order valence-electron chi connectivity index (χ1n) is 7.56. The predicted octanol–water partition coefficient (Wildman–Crippen LogP) is 4.21. The largest absolute Gasteiger partial charge is 0.273 e. The number of carbonyl (C=O) groups excluding carboxylic acids is 1. The van der Waals surface area contributed by atoms with Gasteiger partial charge in [0.15, 0.2) is 5.04 Å². The van der Waals surface area contributed by atoms with Crippen molar-refractivity contribution in [3.8, 4) is 11.8 Å². The fraction of sp³-hybridized carbons (Fsp3) is 0.444. The van der Waals surface area contributed by atoms with Crippen LogP contribution in [0.15, 0.2) is 35.4 Å². The average molecular weight is 314 g/mol. The minimum Gasteiger partial charge on any atom is -0.273 e. The lowest BCUT2D eigenvalue weighted by Crippen LogP contribution is -2.37. The molecule has 2 rings (SSSR count). The molecule has 0 saturated heterocycles. The molecule has 1 amide bonds. The normalized spacial score (nSPS) is 20.6. The van der Waals surface area contributed by atoms with Gasteiger partial charge < -0.3 is 0 Å². The molecule has 0 aromatic heterocycles. The van der Waals surface area contributed by atoms with E-state index in [-0.39, 0.29) is 5.91 Å². The molecule has 1 aromatic rings. The van der Waals surface area contributed by atoms with Gasteiger partial charge in [0, 0.05) is 13.3 Å². The van der Waals surface area contributed by atoms with Crippen molar-refractivity contribution in [3.63, 3.8) is 0 Å². The molecule has 116 valence electrons. The summed E-state index contributed by atoms with van der Waals surface area (Å²) in [4.78, 5) is 11.4. The highest BCUT2D eigenvalue weighted by Gasteiger charge is 2.42. The first kappa shape index (κ1) is 16.6. The summed E-state index contributed by atoms with van der Waals surface area (Å²) < 4.78 is 0. The van der Waals surface area contributed by atoms with Gasteiger partial charge in [-0.2, -0.15) is 5.10 Å². The summed E-state index contributed by atoms with van der Waals surface area (Å²) in [5.74, 6) is 6.86. The Morgan fingerprint density at radius 3 is 2.64 bits per heavy atom. The van der Waals surface area contributed by atoms with Crippen LogP contribution in [0.5, 0.6) is 0 Å². The molecule has 0 spiro atoms. The Morgan fingerprint density at radius 1 is 1.36 bits per heavy atom. The Hall–Kier alpha value is -1.73. The van der Waals surface area contributed by atoms with E-state index in [1.807, 2.05) is 37.3 Å². The number of hydrogen-bond acceptors (Lipinski definition) is 3. The summed E-state index contributed by atoms with van der Waals surface area (Å²) in [5, 5.41) is 6.68. The topological polar surface area (TPSA) is 32.7 Å². The molecule has 0 saturated carbocycles. The van der Waals surface area contributed by atoms with Gasteiger partial charge in [-0.25, -0.2) is 5.01 Å².